The van der Waals surface area contributed by atoms with E-state index in [0.29, 0.717) is 17.9 Å². The third kappa shape index (κ3) is 1.98. The van der Waals surface area contributed by atoms with E-state index in [4.69, 9.17) is 0 Å². The number of hydrogen-bond acceptors (Lipinski definition) is 5. The van der Waals surface area contributed by atoms with Gasteiger partial charge in [-0.05, 0) is 54.9 Å². The van der Waals surface area contributed by atoms with Crippen LogP contribution in [-0.4, -0.2) is 46.2 Å². The van der Waals surface area contributed by atoms with Crippen LogP contribution in [0.2, 0.25) is 0 Å². The topological polar surface area (TPSA) is 84.8 Å². The van der Waals surface area contributed by atoms with Crippen LogP contribution in [0.15, 0.2) is 23.3 Å². The fraction of sp³-hybridized carbons (Fsp3) is 0.778. The van der Waals surface area contributed by atoms with Crippen LogP contribution in [0.25, 0.3) is 0 Å². The van der Waals surface area contributed by atoms with Gasteiger partial charge >= 0.3 is 0 Å². The lowest BCUT2D eigenvalue weighted by Crippen LogP contribution is -2.56. The maximum atomic E-state index is 10.8. The summed E-state index contributed by atoms with van der Waals surface area (Å²) in [5.74, 6) is 1.34. The Hall–Kier alpha value is -0.720. The Morgan fingerprint density at radius 1 is 0.913 bits per heavy atom. The van der Waals surface area contributed by atoms with E-state index in [2.05, 4.69) is 23.0 Å². The molecule has 0 radical (unpaired) electrons. The summed E-state index contributed by atoms with van der Waals surface area (Å²) in [4.78, 5) is 0. The first-order valence-electron chi connectivity index (χ1n) is 9.09. The molecule has 0 spiro atoms. The predicted octanol–water partition coefficient (Wildman–Crippen LogP) is 0.0941. The zero-order valence-electron chi connectivity index (χ0n) is 13.2. The number of hydrazine groups is 1. The standard InChI is InChI=1S/C18H26N2O3/c21-15-4-3-10-9(15)1-2-11-12-5-8-7-19-20-14(8)6-13(12)17(22)18(23)16(10)11/h1-2,8,10,12-23H,3-7H2. The zero-order chi connectivity index (χ0) is 15.7. The van der Waals surface area contributed by atoms with Gasteiger partial charge in [0.2, 0.25) is 0 Å². The lowest BCUT2D eigenvalue weighted by Gasteiger charge is -2.52. The molecule has 1 saturated heterocycles. The van der Waals surface area contributed by atoms with Crippen LogP contribution < -0.4 is 10.9 Å². The van der Waals surface area contributed by atoms with Gasteiger partial charge in [-0.1, -0.05) is 17.7 Å². The molecule has 23 heavy (non-hydrogen) atoms. The fourth-order valence-electron chi connectivity index (χ4n) is 6.15. The van der Waals surface area contributed by atoms with Crippen molar-refractivity contribution in [3.63, 3.8) is 0 Å². The normalized spacial score (nSPS) is 54.5. The maximum Gasteiger partial charge on any atom is 0.0873 e. The first kappa shape index (κ1) is 14.6. The highest BCUT2D eigenvalue weighted by molar-refractivity contribution is 5.38. The van der Waals surface area contributed by atoms with Gasteiger partial charge in [-0.25, -0.2) is 0 Å². The highest BCUT2D eigenvalue weighted by Crippen LogP contribution is 2.55. The molecular weight excluding hydrogens is 292 g/mol. The van der Waals surface area contributed by atoms with Crippen LogP contribution in [-0.2, 0) is 0 Å². The second-order valence-electron chi connectivity index (χ2n) is 8.17. The van der Waals surface area contributed by atoms with E-state index < -0.39 is 12.2 Å². The molecule has 5 rings (SSSR count). The Labute approximate surface area is 136 Å². The van der Waals surface area contributed by atoms with E-state index in [1.54, 1.807) is 0 Å². The molecule has 1 heterocycles. The molecule has 0 aromatic carbocycles. The van der Waals surface area contributed by atoms with Crippen LogP contribution in [0, 0.1) is 29.6 Å². The number of hydrogen-bond donors (Lipinski definition) is 5. The molecule has 5 N–H and O–H groups in total. The first-order valence-corrected chi connectivity index (χ1v) is 9.09. The minimum atomic E-state index is -0.701. The summed E-state index contributed by atoms with van der Waals surface area (Å²) >= 11 is 0. The molecule has 5 aliphatic rings. The molecule has 5 heteroatoms. The summed E-state index contributed by atoms with van der Waals surface area (Å²) in [7, 11) is 0. The van der Waals surface area contributed by atoms with Crippen LogP contribution in [0.1, 0.15) is 25.7 Å². The second-order valence-corrected chi connectivity index (χ2v) is 8.17. The van der Waals surface area contributed by atoms with Gasteiger partial charge in [-0.3, -0.25) is 10.9 Å². The quantitative estimate of drug-likeness (QED) is 0.437. The third-order valence-electron chi connectivity index (χ3n) is 7.26. The second kappa shape index (κ2) is 5.14. The molecule has 0 aromatic rings. The Morgan fingerprint density at radius 2 is 1.74 bits per heavy atom. The number of rotatable bonds is 0. The largest absolute Gasteiger partial charge is 0.390 e. The molecule has 0 aromatic heterocycles. The lowest BCUT2D eigenvalue weighted by atomic mass is 9.55. The third-order valence-corrected chi connectivity index (χ3v) is 7.26. The van der Waals surface area contributed by atoms with Crippen LogP contribution in [0.3, 0.4) is 0 Å². The van der Waals surface area contributed by atoms with Crippen molar-refractivity contribution < 1.29 is 15.3 Å². The molecular formula is C18H26N2O3. The highest BCUT2D eigenvalue weighted by Gasteiger charge is 2.55. The molecule has 126 valence electrons. The zero-order valence-corrected chi connectivity index (χ0v) is 13.2. The van der Waals surface area contributed by atoms with E-state index in [-0.39, 0.29) is 23.9 Å². The van der Waals surface area contributed by atoms with Gasteiger partial charge in [0.25, 0.3) is 0 Å². The van der Waals surface area contributed by atoms with Crippen molar-refractivity contribution in [2.24, 2.45) is 29.6 Å². The minimum Gasteiger partial charge on any atom is -0.390 e. The van der Waals surface area contributed by atoms with E-state index in [9.17, 15) is 15.3 Å². The van der Waals surface area contributed by atoms with E-state index >= 15 is 0 Å². The van der Waals surface area contributed by atoms with Gasteiger partial charge in [0.05, 0.1) is 18.3 Å². The van der Waals surface area contributed by atoms with Gasteiger partial charge in [-0.2, -0.15) is 0 Å². The molecule has 4 fully saturated rings. The summed E-state index contributed by atoms with van der Waals surface area (Å²) in [5.41, 5.74) is 9.00. The van der Waals surface area contributed by atoms with Gasteiger partial charge in [0.15, 0.2) is 0 Å². The van der Waals surface area contributed by atoms with E-state index in [1.807, 2.05) is 0 Å². The predicted molar refractivity (Wildman–Crippen MR) is 85.0 cm³/mol. The van der Waals surface area contributed by atoms with Crippen molar-refractivity contribution in [3.8, 4) is 0 Å². The SMILES string of the molecule is OC1CCC2C1=CC=C1C3CC4CNNC4CC3C(O)C(O)C12. The number of allylic oxidation sites excluding steroid dienone is 2. The van der Waals surface area contributed by atoms with Crippen LogP contribution in [0.5, 0.6) is 0 Å². The number of fused-ring (bicyclic) bond motifs is 6. The number of aliphatic hydroxyl groups excluding tert-OH is 3. The van der Waals surface area contributed by atoms with Crippen molar-refractivity contribution in [3.05, 3.63) is 23.3 Å². The molecule has 5 nitrogen and oxygen atoms in total. The summed E-state index contributed by atoms with van der Waals surface area (Å²) in [6.07, 6.45) is 6.26. The first-order chi connectivity index (χ1) is 11.1. The van der Waals surface area contributed by atoms with Gasteiger partial charge in [-0.15, -0.1) is 0 Å². The Balaban J connectivity index is 1.53. The van der Waals surface area contributed by atoms with Crippen molar-refractivity contribution in [1.29, 1.82) is 0 Å². The average Bonchev–Trinajstić information content (AvgIpc) is 3.17. The molecule has 0 bridgehead atoms. The van der Waals surface area contributed by atoms with E-state index in [1.165, 1.54) is 5.57 Å². The molecule has 1 aliphatic heterocycles. The lowest BCUT2D eigenvalue weighted by molar-refractivity contribution is -0.0994. The van der Waals surface area contributed by atoms with Crippen molar-refractivity contribution in [2.75, 3.05) is 6.54 Å². The Kier molecular flexibility index (Phi) is 3.26. The van der Waals surface area contributed by atoms with Gasteiger partial charge in [0, 0.05) is 18.5 Å². The van der Waals surface area contributed by atoms with Crippen molar-refractivity contribution in [2.45, 2.75) is 50.0 Å². The fourth-order valence-corrected chi connectivity index (χ4v) is 6.15. The summed E-state index contributed by atoms with van der Waals surface area (Å²) < 4.78 is 0. The van der Waals surface area contributed by atoms with Gasteiger partial charge < -0.3 is 15.3 Å². The summed E-state index contributed by atoms with van der Waals surface area (Å²) in [6, 6.07) is 0.415. The monoisotopic (exact) mass is 318 g/mol. The van der Waals surface area contributed by atoms with Crippen molar-refractivity contribution >= 4 is 0 Å². The highest BCUT2D eigenvalue weighted by atomic mass is 16.3. The minimum absolute atomic E-state index is 0.00210. The van der Waals surface area contributed by atoms with E-state index in [0.717, 1.165) is 37.8 Å². The molecule has 9 unspecified atom stereocenters. The summed E-state index contributed by atoms with van der Waals surface area (Å²) in [5, 5.41) is 31.8. The smallest absolute Gasteiger partial charge is 0.0873 e. The Bertz CT molecular complexity index is 575. The van der Waals surface area contributed by atoms with Crippen molar-refractivity contribution in [1.82, 2.24) is 10.9 Å². The number of aliphatic hydroxyl groups is 3. The molecule has 4 aliphatic carbocycles. The summed E-state index contributed by atoms with van der Waals surface area (Å²) in [6.45, 7) is 0.994. The van der Waals surface area contributed by atoms with Crippen LogP contribution >= 0.6 is 0 Å². The Morgan fingerprint density at radius 3 is 2.61 bits per heavy atom. The maximum absolute atomic E-state index is 10.8. The average molecular weight is 318 g/mol. The molecule has 9 atom stereocenters. The molecule has 0 amide bonds. The number of nitrogens with one attached hydrogen (secondary N) is 2. The van der Waals surface area contributed by atoms with Gasteiger partial charge in [0.1, 0.15) is 0 Å². The molecule has 3 saturated carbocycles. The van der Waals surface area contributed by atoms with Crippen LogP contribution in [0.4, 0.5) is 0 Å².